The van der Waals surface area contributed by atoms with Crippen LogP contribution in [-0.4, -0.2) is 34.5 Å². The highest BCUT2D eigenvalue weighted by Gasteiger charge is 2.21. The fraction of sp³-hybridized carbons (Fsp3) is 0.571. The predicted octanol–water partition coefficient (Wildman–Crippen LogP) is -0.412. The van der Waals surface area contributed by atoms with Crippen molar-refractivity contribution in [2.24, 2.45) is 5.84 Å². The first kappa shape index (κ1) is 7.72. The second-order valence-electron chi connectivity index (χ2n) is 2.78. The lowest BCUT2D eigenvalue weighted by Crippen LogP contribution is -2.46. The molecule has 1 aliphatic heterocycles. The molecule has 12 heavy (non-hydrogen) atoms. The summed E-state index contributed by atoms with van der Waals surface area (Å²) in [4.78, 5) is 0. The van der Waals surface area contributed by atoms with Gasteiger partial charge in [-0.25, -0.2) is 5.01 Å². The van der Waals surface area contributed by atoms with Crippen molar-refractivity contribution in [1.82, 2.24) is 14.8 Å². The van der Waals surface area contributed by atoms with E-state index in [9.17, 15) is 0 Å². The van der Waals surface area contributed by atoms with E-state index in [4.69, 9.17) is 10.6 Å². The fourth-order valence-electron chi connectivity index (χ4n) is 1.29. The molecule has 2 rings (SSSR count). The topological polar surface area (TPSA) is 56.3 Å². The van der Waals surface area contributed by atoms with Gasteiger partial charge in [-0.15, -0.1) is 0 Å². The fourth-order valence-corrected chi connectivity index (χ4v) is 1.29. The van der Waals surface area contributed by atoms with Crippen LogP contribution in [0.4, 0.5) is 0 Å². The van der Waals surface area contributed by atoms with Crippen LogP contribution < -0.4 is 5.84 Å². The van der Waals surface area contributed by atoms with Gasteiger partial charge in [0.1, 0.15) is 6.17 Å². The molecule has 1 fully saturated rings. The van der Waals surface area contributed by atoms with Crippen LogP contribution in [0, 0.1) is 0 Å². The molecule has 0 saturated carbocycles. The van der Waals surface area contributed by atoms with Crippen LogP contribution in [0.2, 0.25) is 0 Å². The van der Waals surface area contributed by atoms with Crippen molar-refractivity contribution < 1.29 is 4.74 Å². The monoisotopic (exact) mass is 168 g/mol. The summed E-state index contributed by atoms with van der Waals surface area (Å²) >= 11 is 0. The average molecular weight is 168 g/mol. The Balaban J connectivity index is 2.11. The largest absolute Gasteiger partial charge is 0.376 e. The predicted molar refractivity (Wildman–Crippen MR) is 43.0 cm³/mol. The maximum atomic E-state index is 5.76. The van der Waals surface area contributed by atoms with Gasteiger partial charge in [-0.2, -0.15) is 5.10 Å². The second kappa shape index (κ2) is 3.22. The molecular formula is C7H12N4O. The number of hydrazine groups is 1. The number of morpholine rings is 1. The van der Waals surface area contributed by atoms with Crippen LogP contribution in [0.3, 0.4) is 0 Å². The third-order valence-corrected chi connectivity index (χ3v) is 1.97. The van der Waals surface area contributed by atoms with E-state index >= 15 is 0 Å². The van der Waals surface area contributed by atoms with Gasteiger partial charge in [-0.1, -0.05) is 0 Å². The zero-order valence-corrected chi connectivity index (χ0v) is 6.76. The molecule has 1 aliphatic rings. The maximum Gasteiger partial charge on any atom is 0.140 e. The summed E-state index contributed by atoms with van der Waals surface area (Å²) in [5, 5.41) is 5.85. The zero-order chi connectivity index (χ0) is 8.39. The van der Waals surface area contributed by atoms with Gasteiger partial charge in [0, 0.05) is 18.9 Å². The smallest absolute Gasteiger partial charge is 0.140 e. The quantitative estimate of drug-likeness (QED) is 0.579. The number of aromatic nitrogens is 2. The Morgan fingerprint density at radius 1 is 1.58 bits per heavy atom. The van der Waals surface area contributed by atoms with Gasteiger partial charge in [-0.3, -0.25) is 10.5 Å². The third-order valence-electron chi connectivity index (χ3n) is 1.97. The second-order valence-corrected chi connectivity index (χ2v) is 2.78. The molecule has 1 saturated heterocycles. The molecule has 1 unspecified atom stereocenters. The Kier molecular flexibility index (Phi) is 2.07. The van der Waals surface area contributed by atoms with E-state index in [1.807, 2.05) is 12.3 Å². The highest BCUT2D eigenvalue weighted by Crippen LogP contribution is 2.11. The first-order chi connectivity index (χ1) is 5.88. The Bertz CT molecular complexity index is 236. The highest BCUT2D eigenvalue weighted by atomic mass is 16.5. The molecule has 1 aromatic heterocycles. The molecule has 0 amide bonds. The number of nitrogens with two attached hydrogens (primary N) is 1. The van der Waals surface area contributed by atoms with Gasteiger partial charge >= 0.3 is 0 Å². The SMILES string of the molecule is NN1CCOCC1n1cccn1. The molecule has 1 atom stereocenters. The van der Waals surface area contributed by atoms with Crippen LogP contribution in [-0.2, 0) is 4.74 Å². The van der Waals surface area contributed by atoms with Crippen molar-refractivity contribution in [3.63, 3.8) is 0 Å². The molecule has 0 radical (unpaired) electrons. The van der Waals surface area contributed by atoms with E-state index in [1.165, 1.54) is 0 Å². The highest BCUT2D eigenvalue weighted by molar-refractivity contribution is 4.81. The lowest BCUT2D eigenvalue weighted by molar-refractivity contribution is -0.0435. The molecule has 0 aromatic carbocycles. The van der Waals surface area contributed by atoms with Crippen LogP contribution in [0.5, 0.6) is 0 Å². The van der Waals surface area contributed by atoms with Crippen LogP contribution in [0.25, 0.3) is 0 Å². The molecule has 0 bridgehead atoms. The lowest BCUT2D eigenvalue weighted by atomic mass is 10.4. The van der Waals surface area contributed by atoms with Gasteiger partial charge in [0.05, 0.1) is 13.2 Å². The van der Waals surface area contributed by atoms with Gasteiger partial charge in [-0.05, 0) is 6.07 Å². The Labute approximate surface area is 70.7 Å². The Morgan fingerprint density at radius 3 is 3.17 bits per heavy atom. The third kappa shape index (κ3) is 1.34. The molecule has 1 aromatic rings. The first-order valence-corrected chi connectivity index (χ1v) is 3.96. The maximum absolute atomic E-state index is 5.76. The molecule has 5 heteroatoms. The number of hydrogen-bond donors (Lipinski definition) is 1. The van der Waals surface area contributed by atoms with E-state index in [-0.39, 0.29) is 6.17 Å². The number of rotatable bonds is 1. The van der Waals surface area contributed by atoms with Crippen molar-refractivity contribution in [2.45, 2.75) is 6.17 Å². The molecule has 5 nitrogen and oxygen atoms in total. The summed E-state index contributed by atoms with van der Waals surface area (Å²) in [6, 6.07) is 1.88. The molecule has 2 N–H and O–H groups in total. The molecule has 66 valence electrons. The number of nitrogens with zero attached hydrogens (tertiary/aromatic N) is 3. The normalized spacial score (nSPS) is 25.9. The van der Waals surface area contributed by atoms with Crippen LogP contribution in [0.1, 0.15) is 6.17 Å². The molecule has 2 heterocycles. The number of hydrogen-bond acceptors (Lipinski definition) is 4. The molecular weight excluding hydrogens is 156 g/mol. The van der Waals surface area contributed by atoms with Gasteiger partial charge in [0.15, 0.2) is 0 Å². The summed E-state index contributed by atoms with van der Waals surface area (Å²) in [6.45, 7) is 2.07. The minimum Gasteiger partial charge on any atom is -0.376 e. The van der Waals surface area contributed by atoms with E-state index in [0.29, 0.717) is 13.2 Å². The van der Waals surface area contributed by atoms with Gasteiger partial charge in [0.2, 0.25) is 0 Å². The van der Waals surface area contributed by atoms with Crippen molar-refractivity contribution in [2.75, 3.05) is 19.8 Å². The van der Waals surface area contributed by atoms with E-state index < -0.39 is 0 Å². The number of ether oxygens (including phenoxy) is 1. The van der Waals surface area contributed by atoms with Crippen LogP contribution >= 0.6 is 0 Å². The van der Waals surface area contributed by atoms with Crippen molar-refractivity contribution in [3.8, 4) is 0 Å². The van der Waals surface area contributed by atoms with E-state index in [2.05, 4.69) is 5.10 Å². The lowest BCUT2D eigenvalue weighted by Gasteiger charge is -2.31. The Morgan fingerprint density at radius 2 is 2.50 bits per heavy atom. The zero-order valence-electron chi connectivity index (χ0n) is 6.76. The van der Waals surface area contributed by atoms with Crippen molar-refractivity contribution >= 4 is 0 Å². The molecule has 0 spiro atoms. The summed E-state index contributed by atoms with van der Waals surface area (Å²) in [7, 11) is 0. The minimum absolute atomic E-state index is 0.0498. The summed E-state index contributed by atoms with van der Waals surface area (Å²) < 4.78 is 7.10. The minimum atomic E-state index is 0.0498. The summed E-state index contributed by atoms with van der Waals surface area (Å²) in [6.07, 6.45) is 3.68. The standard InChI is InChI=1S/C7H12N4O/c8-10-4-5-12-6-7(10)11-3-1-2-9-11/h1-3,7H,4-6,8H2. The summed E-state index contributed by atoms with van der Waals surface area (Å²) in [5.74, 6) is 5.76. The first-order valence-electron chi connectivity index (χ1n) is 3.96. The average Bonchev–Trinajstić information content (AvgIpc) is 2.57. The van der Waals surface area contributed by atoms with E-state index in [0.717, 1.165) is 6.54 Å². The van der Waals surface area contributed by atoms with Gasteiger partial charge in [0.25, 0.3) is 0 Å². The van der Waals surface area contributed by atoms with Crippen molar-refractivity contribution in [1.29, 1.82) is 0 Å². The van der Waals surface area contributed by atoms with Crippen LogP contribution in [0.15, 0.2) is 18.5 Å². The summed E-state index contributed by atoms with van der Waals surface area (Å²) in [5.41, 5.74) is 0. The van der Waals surface area contributed by atoms with E-state index in [1.54, 1.807) is 15.9 Å². The van der Waals surface area contributed by atoms with Gasteiger partial charge < -0.3 is 4.74 Å². The van der Waals surface area contributed by atoms with Crippen molar-refractivity contribution in [3.05, 3.63) is 18.5 Å². The molecule has 0 aliphatic carbocycles. The Hall–Kier alpha value is -0.910.